The van der Waals surface area contributed by atoms with Crippen molar-refractivity contribution in [3.8, 4) is 0 Å². The zero-order valence-electron chi connectivity index (χ0n) is 20.7. The summed E-state index contributed by atoms with van der Waals surface area (Å²) in [6.07, 6.45) is 13.2. The summed E-state index contributed by atoms with van der Waals surface area (Å²) in [6.45, 7) is 4.90. The molecule has 0 unspecified atom stereocenters. The largest absolute Gasteiger partial charge is 0.321 e. The maximum Gasteiger partial charge on any atom is 0.252 e. The number of para-hydroxylation sites is 1. The second kappa shape index (κ2) is 10.4. The molecule has 0 radical (unpaired) electrons. The van der Waals surface area contributed by atoms with Crippen LogP contribution in [0, 0.1) is 6.92 Å². The molecule has 7 nitrogen and oxygen atoms in total. The zero-order valence-corrected chi connectivity index (χ0v) is 20.7. The number of aromatic nitrogens is 5. The average Bonchev–Trinajstić information content (AvgIpc) is 3.35. The van der Waals surface area contributed by atoms with E-state index in [1.54, 1.807) is 0 Å². The summed E-state index contributed by atoms with van der Waals surface area (Å²) in [6, 6.07) is 9.24. The molecule has 0 bridgehead atoms. The Labute approximate surface area is 201 Å². The van der Waals surface area contributed by atoms with E-state index >= 15 is 0 Å². The molecule has 182 valence electrons. The van der Waals surface area contributed by atoms with Crippen molar-refractivity contribution in [3.63, 3.8) is 0 Å². The number of aromatic amines is 1. The van der Waals surface area contributed by atoms with Gasteiger partial charge in [-0.25, -0.2) is 4.68 Å². The molecular formula is C27H38N6O. The van der Waals surface area contributed by atoms with E-state index in [2.05, 4.69) is 55.2 Å². The lowest BCUT2D eigenvalue weighted by atomic mass is 9.91. The first kappa shape index (κ1) is 23.2. The molecule has 2 aromatic heterocycles. The molecular weight excluding hydrogens is 424 g/mol. The zero-order chi connectivity index (χ0) is 23.5. The molecule has 7 heteroatoms. The summed E-state index contributed by atoms with van der Waals surface area (Å²) in [5, 5.41) is 14.3. The summed E-state index contributed by atoms with van der Waals surface area (Å²) in [4.78, 5) is 18.9. The number of aryl methyl sites for hydroxylation is 1. The molecule has 1 atom stereocenters. The lowest BCUT2D eigenvalue weighted by Crippen LogP contribution is -2.41. The Hall–Kier alpha value is -2.54. The molecule has 2 aliphatic rings. The molecule has 1 N–H and O–H groups in total. The number of pyridine rings is 1. The van der Waals surface area contributed by atoms with Gasteiger partial charge in [0.25, 0.3) is 5.56 Å². The van der Waals surface area contributed by atoms with Crippen LogP contribution < -0.4 is 5.56 Å². The number of benzene rings is 1. The molecule has 2 aliphatic carbocycles. The van der Waals surface area contributed by atoms with Crippen molar-refractivity contribution >= 4 is 10.9 Å². The third kappa shape index (κ3) is 4.67. The van der Waals surface area contributed by atoms with Gasteiger partial charge in [0, 0.05) is 18.2 Å². The van der Waals surface area contributed by atoms with Crippen molar-refractivity contribution in [1.29, 1.82) is 0 Å². The van der Waals surface area contributed by atoms with E-state index in [0.717, 1.165) is 47.1 Å². The van der Waals surface area contributed by atoms with Gasteiger partial charge in [0.2, 0.25) is 0 Å². The van der Waals surface area contributed by atoms with Gasteiger partial charge < -0.3 is 4.98 Å². The summed E-state index contributed by atoms with van der Waals surface area (Å²) in [7, 11) is 0. The van der Waals surface area contributed by atoms with E-state index in [-0.39, 0.29) is 11.6 Å². The van der Waals surface area contributed by atoms with E-state index < -0.39 is 0 Å². The van der Waals surface area contributed by atoms with E-state index in [0.29, 0.717) is 18.6 Å². The Morgan fingerprint density at radius 2 is 1.82 bits per heavy atom. The minimum atomic E-state index is 0.0179. The van der Waals surface area contributed by atoms with Crippen LogP contribution in [0.2, 0.25) is 0 Å². The summed E-state index contributed by atoms with van der Waals surface area (Å²) < 4.78 is 2.12. The van der Waals surface area contributed by atoms with Crippen molar-refractivity contribution in [3.05, 3.63) is 51.6 Å². The van der Waals surface area contributed by atoms with Crippen molar-refractivity contribution in [1.82, 2.24) is 30.1 Å². The lowest BCUT2D eigenvalue weighted by molar-refractivity contribution is 0.0821. The third-order valence-corrected chi connectivity index (χ3v) is 8.09. The average molecular weight is 463 g/mol. The normalized spacial score (nSPS) is 19.1. The number of rotatable bonds is 7. The minimum Gasteiger partial charge on any atom is -0.321 e. The Kier molecular flexibility index (Phi) is 7.09. The van der Waals surface area contributed by atoms with Crippen molar-refractivity contribution in [2.45, 2.75) is 109 Å². The van der Waals surface area contributed by atoms with Crippen LogP contribution in [-0.2, 0) is 6.54 Å². The van der Waals surface area contributed by atoms with Gasteiger partial charge in [-0.2, -0.15) is 0 Å². The van der Waals surface area contributed by atoms with Gasteiger partial charge in [0.1, 0.15) is 0 Å². The van der Waals surface area contributed by atoms with Gasteiger partial charge in [0.05, 0.1) is 17.6 Å². The molecule has 5 rings (SSSR count). The fraction of sp³-hybridized carbons (Fsp3) is 0.630. The van der Waals surface area contributed by atoms with Crippen LogP contribution in [0.15, 0.2) is 29.1 Å². The second-order valence-corrected chi connectivity index (χ2v) is 10.3. The molecule has 2 fully saturated rings. The quantitative estimate of drug-likeness (QED) is 0.493. The van der Waals surface area contributed by atoms with Crippen molar-refractivity contribution < 1.29 is 0 Å². The molecule has 34 heavy (non-hydrogen) atoms. The topological polar surface area (TPSA) is 79.7 Å². The third-order valence-electron chi connectivity index (χ3n) is 8.09. The van der Waals surface area contributed by atoms with E-state index in [9.17, 15) is 4.79 Å². The van der Waals surface area contributed by atoms with Gasteiger partial charge in [-0.3, -0.25) is 9.69 Å². The maximum atomic E-state index is 13.2. The molecule has 1 aromatic carbocycles. The monoisotopic (exact) mass is 462 g/mol. The second-order valence-electron chi connectivity index (χ2n) is 10.3. The highest BCUT2D eigenvalue weighted by molar-refractivity contribution is 5.81. The van der Waals surface area contributed by atoms with Crippen molar-refractivity contribution in [2.75, 3.05) is 0 Å². The molecule has 2 saturated carbocycles. The number of hydrogen-bond acceptors (Lipinski definition) is 5. The van der Waals surface area contributed by atoms with E-state index in [1.165, 1.54) is 51.4 Å². The van der Waals surface area contributed by atoms with Crippen molar-refractivity contribution in [2.24, 2.45) is 0 Å². The summed E-state index contributed by atoms with van der Waals surface area (Å²) in [5.41, 5.74) is 2.89. The summed E-state index contributed by atoms with van der Waals surface area (Å²) >= 11 is 0. The van der Waals surface area contributed by atoms with Gasteiger partial charge >= 0.3 is 0 Å². The molecule has 0 aliphatic heterocycles. The number of nitrogens with one attached hydrogen (secondary N) is 1. The first-order valence-electron chi connectivity index (χ1n) is 13.3. The standard InChI is InChI=1S/C27H38N6O/c1-3-24(26-29-30-31-33(26)23-15-8-5-9-16-23)32(22-13-6-4-7-14-22)18-21-17-20-12-10-11-19(2)25(20)28-27(21)34/h10-12,17,22-24H,3-9,13-16,18H2,1-2H3,(H,28,34)/t24-/m1/s1. The highest BCUT2D eigenvalue weighted by Crippen LogP contribution is 2.35. The van der Waals surface area contributed by atoms with Gasteiger partial charge in [-0.15, -0.1) is 5.10 Å². The number of fused-ring (bicyclic) bond motifs is 1. The van der Waals surface area contributed by atoms with Crippen LogP contribution in [0.5, 0.6) is 0 Å². The minimum absolute atomic E-state index is 0.0179. The number of H-pyrrole nitrogens is 1. The Bertz CT molecular complexity index is 1160. The van der Waals surface area contributed by atoms with Crippen LogP contribution >= 0.6 is 0 Å². The number of nitrogens with zero attached hydrogens (tertiary/aromatic N) is 5. The Balaban J connectivity index is 1.51. The predicted octanol–water partition coefficient (Wildman–Crippen LogP) is 5.61. The molecule has 0 spiro atoms. The van der Waals surface area contributed by atoms with Gasteiger partial charge in [0.15, 0.2) is 5.82 Å². The number of tetrazole rings is 1. The van der Waals surface area contributed by atoms with Gasteiger partial charge in [-0.1, -0.05) is 63.6 Å². The Morgan fingerprint density at radius 3 is 2.56 bits per heavy atom. The highest BCUT2D eigenvalue weighted by atomic mass is 16.1. The van der Waals surface area contributed by atoms with Crippen LogP contribution in [0.3, 0.4) is 0 Å². The Morgan fingerprint density at radius 1 is 1.09 bits per heavy atom. The lowest BCUT2D eigenvalue weighted by Gasteiger charge is -2.39. The van der Waals surface area contributed by atoms with Crippen LogP contribution in [0.1, 0.15) is 107 Å². The first-order valence-corrected chi connectivity index (χ1v) is 13.3. The van der Waals surface area contributed by atoms with Crippen LogP contribution in [-0.4, -0.2) is 36.1 Å². The van der Waals surface area contributed by atoms with Crippen LogP contribution in [0.4, 0.5) is 0 Å². The predicted molar refractivity (Wildman–Crippen MR) is 135 cm³/mol. The maximum absolute atomic E-state index is 13.2. The molecule has 0 amide bonds. The fourth-order valence-electron chi connectivity index (χ4n) is 6.22. The molecule has 0 saturated heterocycles. The SMILES string of the molecule is CC[C@H](c1nnnn1C1CCCCC1)N(Cc1cc2cccc(C)c2[nH]c1=O)C1CCCCC1. The summed E-state index contributed by atoms with van der Waals surface area (Å²) in [5.74, 6) is 0.980. The number of hydrogen-bond donors (Lipinski definition) is 1. The fourth-order valence-corrected chi connectivity index (χ4v) is 6.22. The van der Waals surface area contributed by atoms with E-state index in [1.807, 2.05) is 13.0 Å². The van der Waals surface area contributed by atoms with Crippen LogP contribution in [0.25, 0.3) is 10.9 Å². The molecule has 3 aromatic rings. The van der Waals surface area contributed by atoms with Gasteiger partial charge in [-0.05, 0) is 66.5 Å². The molecule has 2 heterocycles. The van der Waals surface area contributed by atoms with E-state index in [4.69, 9.17) is 0 Å². The smallest absolute Gasteiger partial charge is 0.252 e. The highest BCUT2D eigenvalue weighted by Gasteiger charge is 2.33. The first-order chi connectivity index (χ1) is 16.7.